The number of nitrogens with zero attached hydrogens (tertiary/aromatic N) is 2. The number of pyridine rings is 1. The highest BCUT2D eigenvalue weighted by Crippen LogP contribution is 2.23. The Morgan fingerprint density at radius 3 is 2.86 bits per heavy atom. The second kappa shape index (κ2) is 6.98. The van der Waals surface area contributed by atoms with Crippen LogP contribution in [0.5, 0.6) is 0 Å². The minimum atomic E-state index is -1.25. The highest BCUT2D eigenvalue weighted by Gasteiger charge is 2.19. The number of anilines is 1. The van der Waals surface area contributed by atoms with E-state index in [1.165, 1.54) is 12.8 Å². The van der Waals surface area contributed by atoms with Crippen molar-refractivity contribution >= 4 is 17.5 Å². The molecule has 1 aliphatic rings. The van der Waals surface area contributed by atoms with Crippen molar-refractivity contribution < 1.29 is 19.6 Å². The van der Waals surface area contributed by atoms with Crippen LogP contribution in [0.15, 0.2) is 12.3 Å². The maximum atomic E-state index is 10.9. The Kier molecular flexibility index (Phi) is 5.04. The van der Waals surface area contributed by atoms with Gasteiger partial charge in [-0.3, -0.25) is 10.1 Å². The first-order chi connectivity index (χ1) is 10.1. The summed E-state index contributed by atoms with van der Waals surface area (Å²) in [4.78, 5) is 24.9. The zero-order chi connectivity index (χ0) is 15.2. The summed E-state index contributed by atoms with van der Waals surface area (Å²) in [5.74, 6) is -1.19. The van der Waals surface area contributed by atoms with Crippen molar-refractivity contribution in [2.45, 2.75) is 31.8 Å². The molecule has 1 aromatic heterocycles. The van der Waals surface area contributed by atoms with Crippen LogP contribution in [-0.4, -0.2) is 40.2 Å². The van der Waals surface area contributed by atoms with Crippen molar-refractivity contribution in [3.8, 4) is 0 Å². The molecule has 21 heavy (non-hydrogen) atoms. The maximum absolute atomic E-state index is 10.9. The molecule has 2 N–H and O–H groups in total. The average Bonchev–Trinajstić information content (AvgIpc) is 2.96. The Balaban J connectivity index is 1.92. The van der Waals surface area contributed by atoms with Crippen LogP contribution in [0.4, 0.5) is 11.5 Å². The number of nitro groups is 1. The van der Waals surface area contributed by atoms with Crippen molar-refractivity contribution in [2.75, 3.05) is 18.5 Å². The van der Waals surface area contributed by atoms with Gasteiger partial charge in [0.1, 0.15) is 0 Å². The Morgan fingerprint density at radius 2 is 2.24 bits per heavy atom. The van der Waals surface area contributed by atoms with E-state index in [0.717, 1.165) is 25.1 Å². The summed E-state index contributed by atoms with van der Waals surface area (Å²) < 4.78 is 5.63. The second-order valence-corrected chi connectivity index (χ2v) is 4.86. The molecule has 0 unspecified atom stereocenters. The van der Waals surface area contributed by atoms with Gasteiger partial charge in [0, 0.05) is 18.8 Å². The van der Waals surface area contributed by atoms with Crippen molar-refractivity contribution in [3.63, 3.8) is 0 Å². The largest absolute Gasteiger partial charge is 0.478 e. The predicted octanol–water partition coefficient (Wildman–Crippen LogP) is 2.06. The molecule has 0 bridgehead atoms. The standard InChI is InChI=1S/C13H17N3O5/c17-13(18)9-7-11(16(19)20)12(15-8-9)14-5-6-21-10-3-1-2-4-10/h7-8,10H,1-6H2,(H,14,15)(H,17,18). The van der Waals surface area contributed by atoms with Crippen LogP contribution in [0.25, 0.3) is 0 Å². The van der Waals surface area contributed by atoms with Crippen LogP contribution >= 0.6 is 0 Å². The summed E-state index contributed by atoms with van der Waals surface area (Å²) in [5.41, 5.74) is -0.565. The third kappa shape index (κ3) is 4.12. The highest BCUT2D eigenvalue weighted by atomic mass is 16.6. The third-order valence-electron chi connectivity index (χ3n) is 3.36. The molecular weight excluding hydrogens is 278 g/mol. The SMILES string of the molecule is O=C(O)c1cnc(NCCOC2CCCC2)c([N+](=O)[O-])c1. The van der Waals surface area contributed by atoms with E-state index < -0.39 is 10.9 Å². The number of rotatable bonds is 7. The summed E-state index contributed by atoms with van der Waals surface area (Å²) in [7, 11) is 0. The molecule has 1 fully saturated rings. The molecular formula is C13H17N3O5. The van der Waals surface area contributed by atoms with E-state index in [0.29, 0.717) is 13.2 Å². The molecule has 0 amide bonds. The topological polar surface area (TPSA) is 115 Å². The van der Waals surface area contributed by atoms with Gasteiger partial charge in [0.05, 0.1) is 23.2 Å². The Morgan fingerprint density at radius 1 is 1.52 bits per heavy atom. The quantitative estimate of drug-likeness (QED) is 0.449. The van der Waals surface area contributed by atoms with Gasteiger partial charge in [-0.2, -0.15) is 0 Å². The van der Waals surface area contributed by atoms with E-state index in [-0.39, 0.29) is 23.2 Å². The number of ether oxygens (including phenoxy) is 1. The van der Waals surface area contributed by atoms with E-state index in [2.05, 4.69) is 10.3 Å². The molecule has 1 heterocycles. The zero-order valence-electron chi connectivity index (χ0n) is 11.4. The van der Waals surface area contributed by atoms with E-state index in [1.54, 1.807) is 0 Å². The number of aromatic carboxylic acids is 1. The first-order valence-electron chi connectivity index (χ1n) is 6.81. The Labute approximate surface area is 121 Å². The normalized spacial score (nSPS) is 15.0. The van der Waals surface area contributed by atoms with Crippen LogP contribution in [-0.2, 0) is 4.74 Å². The van der Waals surface area contributed by atoms with Gasteiger partial charge in [-0.15, -0.1) is 0 Å². The second-order valence-electron chi connectivity index (χ2n) is 4.86. The molecule has 1 aliphatic carbocycles. The Hall–Kier alpha value is -2.22. The monoisotopic (exact) mass is 295 g/mol. The average molecular weight is 295 g/mol. The smallest absolute Gasteiger partial charge is 0.337 e. The molecule has 0 radical (unpaired) electrons. The minimum absolute atomic E-state index is 0.0556. The number of carboxylic acid groups (broad SMARTS) is 1. The Bertz CT molecular complexity index is 529. The van der Waals surface area contributed by atoms with Crippen LogP contribution in [0.3, 0.4) is 0 Å². The molecule has 0 atom stereocenters. The van der Waals surface area contributed by atoms with Crippen molar-refractivity contribution in [2.24, 2.45) is 0 Å². The van der Waals surface area contributed by atoms with Gasteiger partial charge in [0.25, 0.3) is 0 Å². The van der Waals surface area contributed by atoms with E-state index in [1.807, 2.05) is 0 Å². The molecule has 0 aromatic carbocycles. The summed E-state index contributed by atoms with van der Waals surface area (Å²) in [5, 5.41) is 22.6. The van der Waals surface area contributed by atoms with Gasteiger partial charge in [0.15, 0.2) is 0 Å². The number of aromatic nitrogens is 1. The van der Waals surface area contributed by atoms with E-state index >= 15 is 0 Å². The predicted molar refractivity (Wildman–Crippen MR) is 74.5 cm³/mol. The first-order valence-corrected chi connectivity index (χ1v) is 6.81. The highest BCUT2D eigenvalue weighted by molar-refractivity contribution is 5.88. The van der Waals surface area contributed by atoms with E-state index in [9.17, 15) is 14.9 Å². The summed E-state index contributed by atoms with van der Waals surface area (Å²) in [6.07, 6.45) is 5.86. The first kappa shape index (κ1) is 15.2. The number of carboxylic acids is 1. The molecule has 114 valence electrons. The van der Waals surface area contributed by atoms with Gasteiger partial charge >= 0.3 is 11.7 Å². The molecule has 8 heteroatoms. The number of hydrogen-bond acceptors (Lipinski definition) is 6. The van der Waals surface area contributed by atoms with Crippen molar-refractivity contribution in [3.05, 3.63) is 27.9 Å². The van der Waals surface area contributed by atoms with Crippen LogP contribution < -0.4 is 5.32 Å². The number of hydrogen-bond donors (Lipinski definition) is 2. The maximum Gasteiger partial charge on any atom is 0.337 e. The van der Waals surface area contributed by atoms with Crippen LogP contribution in [0, 0.1) is 10.1 Å². The third-order valence-corrected chi connectivity index (χ3v) is 3.36. The fourth-order valence-electron chi connectivity index (χ4n) is 2.30. The fourth-order valence-corrected chi connectivity index (χ4v) is 2.30. The lowest BCUT2D eigenvalue weighted by molar-refractivity contribution is -0.384. The lowest BCUT2D eigenvalue weighted by atomic mass is 10.2. The van der Waals surface area contributed by atoms with Gasteiger partial charge in [0.2, 0.25) is 5.82 Å². The lowest BCUT2D eigenvalue weighted by Crippen LogP contribution is -2.16. The molecule has 1 aromatic rings. The molecule has 0 saturated heterocycles. The summed E-state index contributed by atoms with van der Waals surface area (Å²) in [6, 6.07) is 0.996. The summed E-state index contributed by atoms with van der Waals surface area (Å²) >= 11 is 0. The number of carbonyl (C=O) groups is 1. The summed E-state index contributed by atoms with van der Waals surface area (Å²) in [6.45, 7) is 0.820. The van der Waals surface area contributed by atoms with Crippen molar-refractivity contribution in [1.29, 1.82) is 0 Å². The fraction of sp³-hybridized carbons (Fsp3) is 0.538. The van der Waals surface area contributed by atoms with Crippen LogP contribution in [0.2, 0.25) is 0 Å². The zero-order valence-corrected chi connectivity index (χ0v) is 11.4. The lowest BCUT2D eigenvalue weighted by Gasteiger charge is -2.11. The molecule has 0 spiro atoms. The van der Waals surface area contributed by atoms with Gasteiger partial charge in [-0.05, 0) is 12.8 Å². The number of nitrogens with one attached hydrogen (secondary N) is 1. The van der Waals surface area contributed by atoms with Gasteiger partial charge in [-0.25, -0.2) is 9.78 Å². The van der Waals surface area contributed by atoms with E-state index in [4.69, 9.17) is 9.84 Å². The molecule has 2 rings (SSSR count). The molecule has 1 saturated carbocycles. The van der Waals surface area contributed by atoms with Gasteiger partial charge in [-0.1, -0.05) is 12.8 Å². The minimum Gasteiger partial charge on any atom is -0.478 e. The van der Waals surface area contributed by atoms with Crippen LogP contribution in [0.1, 0.15) is 36.0 Å². The van der Waals surface area contributed by atoms with Gasteiger partial charge < -0.3 is 15.2 Å². The van der Waals surface area contributed by atoms with Crippen molar-refractivity contribution in [1.82, 2.24) is 4.98 Å². The molecule has 0 aliphatic heterocycles. The molecule has 8 nitrogen and oxygen atoms in total.